The Morgan fingerprint density at radius 3 is 3.00 bits per heavy atom. The van der Waals surface area contributed by atoms with Crippen molar-refractivity contribution in [1.29, 1.82) is 0 Å². The molecule has 2 nitrogen and oxygen atoms in total. The van der Waals surface area contributed by atoms with Crippen molar-refractivity contribution in [3.63, 3.8) is 0 Å². The van der Waals surface area contributed by atoms with E-state index in [-0.39, 0.29) is 5.82 Å². The molecule has 0 saturated carbocycles. The second-order valence-corrected chi connectivity index (χ2v) is 4.21. The van der Waals surface area contributed by atoms with Crippen LogP contribution < -0.4 is 5.73 Å². The molecule has 1 atom stereocenters. The number of aromatic nitrogens is 1. The first kappa shape index (κ1) is 11.0. The van der Waals surface area contributed by atoms with Gasteiger partial charge in [0.25, 0.3) is 0 Å². The molecule has 0 aliphatic carbocycles. The highest BCUT2D eigenvalue weighted by atomic mass is 19.1. The lowest BCUT2D eigenvalue weighted by molar-refractivity contribution is 0.587. The fourth-order valence-electron chi connectivity index (χ4n) is 1.88. The predicted molar refractivity (Wildman–Crippen MR) is 63.6 cm³/mol. The molecule has 0 fully saturated rings. The summed E-state index contributed by atoms with van der Waals surface area (Å²) in [6.45, 7) is 2.68. The van der Waals surface area contributed by atoms with Crippen LogP contribution in [0, 0.1) is 11.7 Å². The molecule has 0 bridgehead atoms. The maximum absolute atomic E-state index is 13.4. The number of pyridine rings is 1. The quantitative estimate of drug-likeness (QED) is 0.859. The zero-order valence-electron chi connectivity index (χ0n) is 9.28. The number of benzene rings is 1. The molecule has 0 saturated heterocycles. The molecule has 1 aromatic carbocycles. The van der Waals surface area contributed by atoms with Gasteiger partial charge < -0.3 is 5.73 Å². The van der Waals surface area contributed by atoms with E-state index < -0.39 is 0 Å². The summed E-state index contributed by atoms with van der Waals surface area (Å²) >= 11 is 0. The topological polar surface area (TPSA) is 38.9 Å². The van der Waals surface area contributed by atoms with Crippen molar-refractivity contribution < 1.29 is 4.39 Å². The second-order valence-electron chi connectivity index (χ2n) is 4.21. The number of fused-ring (bicyclic) bond motifs is 1. The Morgan fingerprint density at radius 1 is 1.44 bits per heavy atom. The number of hydrogen-bond acceptors (Lipinski definition) is 2. The number of halogens is 1. The lowest BCUT2D eigenvalue weighted by atomic mass is 9.97. The third-order valence-corrected chi connectivity index (χ3v) is 2.77. The molecule has 16 heavy (non-hydrogen) atoms. The molecule has 0 amide bonds. The van der Waals surface area contributed by atoms with Crippen LogP contribution in [-0.2, 0) is 6.42 Å². The molecule has 1 heterocycles. The SMILES string of the molecule is CC(CN)Cc1cc(F)cc2cnccc12. The Morgan fingerprint density at radius 2 is 2.25 bits per heavy atom. The summed E-state index contributed by atoms with van der Waals surface area (Å²) in [7, 11) is 0. The molecule has 0 aliphatic heterocycles. The van der Waals surface area contributed by atoms with E-state index in [1.807, 2.05) is 6.07 Å². The van der Waals surface area contributed by atoms with E-state index in [1.165, 1.54) is 6.07 Å². The maximum atomic E-state index is 13.4. The first-order chi connectivity index (χ1) is 7.70. The zero-order chi connectivity index (χ0) is 11.5. The Kier molecular flexibility index (Phi) is 3.15. The molecule has 0 spiro atoms. The highest BCUT2D eigenvalue weighted by molar-refractivity contribution is 5.84. The summed E-state index contributed by atoms with van der Waals surface area (Å²) < 4.78 is 13.4. The van der Waals surface area contributed by atoms with E-state index in [2.05, 4.69) is 11.9 Å². The van der Waals surface area contributed by atoms with Crippen molar-refractivity contribution in [2.45, 2.75) is 13.3 Å². The predicted octanol–water partition coefficient (Wildman–Crippen LogP) is 2.51. The first-order valence-electron chi connectivity index (χ1n) is 5.43. The third-order valence-electron chi connectivity index (χ3n) is 2.77. The van der Waals surface area contributed by atoms with Gasteiger partial charge in [-0.15, -0.1) is 0 Å². The summed E-state index contributed by atoms with van der Waals surface area (Å²) in [5.41, 5.74) is 6.61. The van der Waals surface area contributed by atoms with Crippen molar-refractivity contribution >= 4 is 10.8 Å². The number of nitrogens with zero attached hydrogens (tertiary/aromatic N) is 1. The van der Waals surface area contributed by atoms with Crippen LogP contribution in [0.2, 0.25) is 0 Å². The maximum Gasteiger partial charge on any atom is 0.124 e. The number of hydrogen-bond donors (Lipinski definition) is 1. The van der Waals surface area contributed by atoms with Gasteiger partial charge in [-0.25, -0.2) is 4.39 Å². The third kappa shape index (κ3) is 2.19. The van der Waals surface area contributed by atoms with Gasteiger partial charge in [0, 0.05) is 17.8 Å². The van der Waals surface area contributed by atoms with Crippen molar-refractivity contribution in [1.82, 2.24) is 4.98 Å². The average molecular weight is 218 g/mol. The van der Waals surface area contributed by atoms with Gasteiger partial charge in [0.05, 0.1) is 0 Å². The molecular weight excluding hydrogens is 203 g/mol. The van der Waals surface area contributed by atoms with Crippen LogP contribution in [0.25, 0.3) is 10.8 Å². The van der Waals surface area contributed by atoms with E-state index in [1.54, 1.807) is 18.5 Å². The fourth-order valence-corrected chi connectivity index (χ4v) is 1.88. The molecule has 0 aliphatic rings. The number of rotatable bonds is 3. The van der Waals surface area contributed by atoms with Gasteiger partial charge in [-0.3, -0.25) is 4.98 Å². The minimum absolute atomic E-state index is 0.209. The molecule has 1 aromatic heterocycles. The summed E-state index contributed by atoms with van der Waals surface area (Å²) in [6.07, 6.45) is 4.22. The minimum atomic E-state index is -0.209. The molecule has 1 unspecified atom stereocenters. The Labute approximate surface area is 94.3 Å². The largest absolute Gasteiger partial charge is 0.330 e. The summed E-state index contributed by atoms with van der Waals surface area (Å²) in [5, 5.41) is 1.92. The van der Waals surface area contributed by atoms with Crippen LogP contribution in [0.4, 0.5) is 4.39 Å². The van der Waals surface area contributed by atoms with Crippen LogP contribution in [0.3, 0.4) is 0 Å². The lowest BCUT2D eigenvalue weighted by Gasteiger charge is -2.11. The summed E-state index contributed by atoms with van der Waals surface area (Å²) in [4.78, 5) is 4.00. The van der Waals surface area contributed by atoms with Gasteiger partial charge in [-0.05, 0) is 48.0 Å². The van der Waals surface area contributed by atoms with E-state index in [9.17, 15) is 4.39 Å². The van der Waals surface area contributed by atoms with Gasteiger partial charge in [0.15, 0.2) is 0 Å². The van der Waals surface area contributed by atoms with Gasteiger partial charge >= 0.3 is 0 Å². The normalized spacial score (nSPS) is 12.9. The van der Waals surface area contributed by atoms with Crippen LogP contribution in [0.1, 0.15) is 12.5 Å². The molecular formula is C13H15FN2. The molecule has 2 aromatic rings. The number of nitrogens with two attached hydrogens (primary N) is 1. The van der Waals surface area contributed by atoms with Crippen LogP contribution in [-0.4, -0.2) is 11.5 Å². The molecule has 84 valence electrons. The minimum Gasteiger partial charge on any atom is -0.330 e. The Hall–Kier alpha value is -1.48. The Balaban J connectivity index is 2.50. The van der Waals surface area contributed by atoms with Crippen LogP contribution >= 0.6 is 0 Å². The average Bonchev–Trinajstić information content (AvgIpc) is 2.28. The summed E-state index contributed by atoms with van der Waals surface area (Å²) in [5.74, 6) is 0.151. The Bertz CT molecular complexity index is 496. The molecule has 0 radical (unpaired) electrons. The lowest BCUT2D eigenvalue weighted by Crippen LogP contribution is -2.13. The first-order valence-corrected chi connectivity index (χ1v) is 5.43. The zero-order valence-corrected chi connectivity index (χ0v) is 9.28. The fraction of sp³-hybridized carbons (Fsp3) is 0.308. The highest BCUT2D eigenvalue weighted by Gasteiger charge is 2.07. The van der Waals surface area contributed by atoms with E-state index >= 15 is 0 Å². The van der Waals surface area contributed by atoms with E-state index in [0.29, 0.717) is 12.5 Å². The van der Waals surface area contributed by atoms with Crippen LogP contribution in [0.5, 0.6) is 0 Å². The van der Waals surface area contributed by atoms with Gasteiger partial charge in [-0.1, -0.05) is 6.92 Å². The smallest absolute Gasteiger partial charge is 0.124 e. The molecule has 2 N–H and O–H groups in total. The van der Waals surface area contributed by atoms with Crippen molar-refractivity contribution in [3.8, 4) is 0 Å². The van der Waals surface area contributed by atoms with Crippen LogP contribution in [0.15, 0.2) is 30.6 Å². The van der Waals surface area contributed by atoms with Crippen molar-refractivity contribution in [2.75, 3.05) is 6.54 Å². The molecule has 2 rings (SSSR count). The molecule has 3 heteroatoms. The monoisotopic (exact) mass is 218 g/mol. The standard InChI is InChI=1S/C13H15FN2/c1-9(7-15)4-10-5-12(14)6-11-8-16-3-2-13(10)11/h2-3,5-6,8-9H,4,7,15H2,1H3. The van der Waals surface area contributed by atoms with E-state index in [4.69, 9.17) is 5.73 Å². The summed E-state index contributed by atoms with van der Waals surface area (Å²) in [6, 6.07) is 5.03. The van der Waals surface area contributed by atoms with Gasteiger partial charge in [-0.2, -0.15) is 0 Å². The van der Waals surface area contributed by atoms with E-state index in [0.717, 1.165) is 22.8 Å². The highest BCUT2D eigenvalue weighted by Crippen LogP contribution is 2.22. The van der Waals surface area contributed by atoms with Gasteiger partial charge in [0.1, 0.15) is 5.82 Å². The van der Waals surface area contributed by atoms with Crippen molar-refractivity contribution in [2.24, 2.45) is 11.7 Å². The second kappa shape index (κ2) is 4.58. The van der Waals surface area contributed by atoms with Gasteiger partial charge in [0.2, 0.25) is 0 Å². The van der Waals surface area contributed by atoms with Crippen molar-refractivity contribution in [3.05, 3.63) is 42.0 Å².